The average molecular weight is 181 g/mol. The second-order valence-corrected chi connectivity index (χ2v) is 2.98. The van der Waals surface area contributed by atoms with Crippen LogP contribution in [0.5, 0.6) is 0 Å². The van der Waals surface area contributed by atoms with Crippen LogP contribution in [0.15, 0.2) is 36.4 Å². The van der Waals surface area contributed by atoms with E-state index in [-0.39, 0.29) is 0 Å². The van der Waals surface area contributed by atoms with Gasteiger partial charge in [0.25, 0.3) is 0 Å². The van der Waals surface area contributed by atoms with E-state index in [1.807, 2.05) is 30.3 Å². The van der Waals surface area contributed by atoms with Gasteiger partial charge in [-0.25, -0.2) is 0 Å². The third-order valence-electron chi connectivity index (χ3n) is 2.20. The van der Waals surface area contributed by atoms with Gasteiger partial charge in [0.1, 0.15) is 6.07 Å². The Labute approximate surface area is 81.4 Å². The maximum Gasteiger partial charge on any atom is 0.151 e. The Morgan fingerprint density at radius 1 is 1.14 bits per heavy atom. The monoisotopic (exact) mass is 181 g/mol. The second-order valence-electron chi connectivity index (χ2n) is 2.98. The van der Waals surface area contributed by atoms with Crippen LogP contribution in [0, 0.1) is 11.3 Å². The molecule has 0 saturated carbocycles. The molecular weight excluding hydrogens is 174 g/mol. The molecule has 0 radical (unpaired) electrons. The summed E-state index contributed by atoms with van der Waals surface area (Å²) in [6.45, 7) is 0. The Morgan fingerprint density at radius 3 is 2.64 bits per heavy atom. The van der Waals surface area contributed by atoms with Crippen LogP contribution in [0.2, 0.25) is 0 Å². The molecule has 0 heterocycles. The summed E-state index contributed by atoms with van der Waals surface area (Å²) < 4.78 is 0. The second kappa shape index (κ2) is 3.31. The largest absolute Gasteiger partial charge is 0.298 e. The van der Waals surface area contributed by atoms with E-state index in [0.717, 1.165) is 10.8 Å². The van der Waals surface area contributed by atoms with Crippen molar-refractivity contribution in [2.24, 2.45) is 0 Å². The highest BCUT2D eigenvalue weighted by atomic mass is 16.1. The van der Waals surface area contributed by atoms with Gasteiger partial charge in [-0.15, -0.1) is 0 Å². The van der Waals surface area contributed by atoms with Crippen LogP contribution in [0.4, 0.5) is 0 Å². The number of carbonyl (C=O) groups excluding carboxylic acids is 1. The molecule has 0 atom stereocenters. The van der Waals surface area contributed by atoms with E-state index in [2.05, 4.69) is 6.07 Å². The van der Waals surface area contributed by atoms with Crippen molar-refractivity contribution >= 4 is 17.1 Å². The van der Waals surface area contributed by atoms with Gasteiger partial charge in [-0.3, -0.25) is 4.79 Å². The minimum atomic E-state index is 0.450. The van der Waals surface area contributed by atoms with Crippen molar-refractivity contribution in [2.75, 3.05) is 0 Å². The fraction of sp³-hybridized carbons (Fsp3) is 0. The van der Waals surface area contributed by atoms with Crippen LogP contribution in [-0.4, -0.2) is 6.29 Å². The number of aldehydes is 1. The van der Waals surface area contributed by atoms with Gasteiger partial charge >= 0.3 is 0 Å². The normalized spacial score (nSPS) is 9.64. The first-order chi connectivity index (χ1) is 6.86. The molecule has 2 aromatic carbocycles. The topological polar surface area (TPSA) is 40.9 Å². The van der Waals surface area contributed by atoms with Crippen LogP contribution in [0.25, 0.3) is 10.8 Å². The lowest BCUT2D eigenvalue weighted by Gasteiger charge is -2.01. The molecule has 0 unspecified atom stereocenters. The molecule has 0 spiro atoms. The molecule has 2 nitrogen and oxygen atoms in total. The smallest absolute Gasteiger partial charge is 0.151 e. The zero-order valence-corrected chi connectivity index (χ0v) is 7.40. The third kappa shape index (κ3) is 1.16. The number of fused-ring (bicyclic) bond motifs is 1. The summed E-state index contributed by atoms with van der Waals surface area (Å²) >= 11 is 0. The molecule has 2 aromatic rings. The number of nitrogens with zero attached hydrogens (tertiary/aromatic N) is 1. The number of rotatable bonds is 1. The van der Waals surface area contributed by atoms with Crippen LogP contribution in [0.1, 0.15) is 15.9 Å². The average Bonchev–Trinajstić information content (AvgIpc) is 2.27. The number of benzene rings is 2. The summed E-state index contributed by atoms with van der Waals surface area (Å²) in [6, 6.07) is 13.1. The Morgan fingerprint density at radius 2 is 1.93 bits per heavy atom. The Hall–Kier alpha value is -2.14. The first-order valence-corrected chi connectivity index (χ1v) is 4.24. The molecular formula is C12H7NO. The maximum atomic E-state index is 10.7. The predicted molar refractivity (Wildman–Crippen MR) is 54.1 cm³/mol. The first-order valence-electron chi connectivity index (χ1n) is 4.24. The SMILES string of the molecule is N#Cc1c(C=O)ccc2ccccc12. The molecule has 0 bridgehead atoms. The summed E-state index contributed by atoms with van der Waals surface area (Å²) in [4.78, 5) is 10.7. The van der Waals surface area contributed by atoms with Crippen molar-refractivity contribution < 1.29 is 4.79 Å². The lowest BCUT2D eigenvalue weighted by molar-refractivity contribution is 0.112. The number of hydrogen-bond acceptors (Lipinski definition) is 2. The van der Waals surface area contributed by atoms with Gasteiger partial charge in [-0.2, -0.15) is 5.26 Å². The Bertz CT molecular complexity index is 538. The summed E-state index contributed by atoms with van der Waals surface area (Å²) in [6.07, 6.45) is 0.713. The lowest BCUT2D eigenvalue weighted by Crippen LogP contribution is -1.88. The zero-order valence-electron chi connectivity index (χ0n) is 7.40. The van der Waals surface area contributed by atoms with Gasteiger partial charge in [0.05, 0.1) is 5.56 Å². The third-order valence-corrected chi connectivity index (χ3v) is 2.20. The fourth-order valence-electron chi connectivity index (χ4n) is 1.51. The van der Waals surface area contributed by atoms with Gasteiger partial charge in [0.2, 0.25) is 0 Å². The van der Waals surface area contributed by atoms with E-state index < -0.39 is 0 Å². The zero-order chi connectivity index (χ0) is 9.97. The molecule has 0 aliphatic carbocycles. The molecule has 0 N–H and O–H groups in total. The minimum absolute atomic E-state index is 0.450. The molecule has 2 rings (SSSR count). The Balaban J connectivity index is 2.92. The highest BCUT2D eigenvalue weighted by molar-refractivity contribution is 5.95. The van der Waals surface area contributed by atoms with Crippen LogP contribution < -0.4 is 0 Å². The first kappa shape index (κ1) is 8.46. The van der Waals surface area contributed by atoms with Gasteiger partial charge in [-0.05, 0) is 11.5 Å². The summed E-state index contributed by atoms with van der Waals surface area (Å²) in [5.74, 6) is 0. The van der Waals surface area contributed by atoms with Crippen molar-refractivity contribution in [1.29, 1.82) is 5.26 Å². The van der Waals surface area contributed by atoms with E-state index in [9.17, 15) is 4.79 Å². The number of carbonyl (C=O) groups is 1. The molecule has 0 saturated heterocycles. The van der Waals surface area contributed by atoms with Crippen molar-refractivity contribution in [3.63, 3.8) is 0 Å². The van der Waals surface area contributed by atoms with E-state index in [0.29, 0.717) is 17.4 Å². The quantitative estimate of drug-likeness (QED) is 0.634. The van der Waals surface area contributed by atoms with E-state index in [1.165, 1.54) is 0 Å². The van der Waals surface area contributed by atoms with Crippen molar-refractivity contribution in [1.82, 2.24) is 0 Å². The van der Waals surface area contributed by atoms with Crippen molar-refractivity contribution in [3.8, 4) is 6.07 Å². The number of nitriles is 1. The molecule has 0 aliphatic rings. The van der Waals surface area contributed by atoms with Crippen molar-refractivity contribution in [3.05, 3.63) is 47.5 Å². The number of hydrogen-bond donors (Lipinski definition) is 0. The Kier molecular flexibility index (Phi) is 2.00. The fourth-order valence-corrected chi connectivity index (χ4v) is 1.51. The molecule has 0 aromatic heterocycles. The minimum Gasteiger partial charge on any atom is -0.298 e. The van der Waals surface area contributed by atoms with Crippen LogP contribution in [0.3, 0.4) is 0 Å². The standard InChI is InChI=1S/C12H7NO/c13-7-12-10(8-14)6-5-9-3-1-2-4-11(9)12/h1-6,8H. The molecule has 2 heteroatoms. The van der Waals surface area contributed by atoms with Gasteiger partial charge in [0.15, 0.2) is 6.29 Å². The van der Waals surface area contributed by atoms with E-state index in [4.69, 9.17) is 5.26 Å². The molecule has 0 aliphatic heterocycles. The molecule has 14 heavy (non-hydrogen) atoms. The van der Waals surface area contributed by atoms with Gasteiger partial charge in [0, 0.05) is 10.9 Å². The van der Waals surface area contributed by atoms with E-state index in [1.54, 1.807) is 6.07 Å². The van der Waals surface area contributed by atoms with Crippen LogP contribution in [-0.2, 0) is 0 Å². The van der Waals surface area contributed by atoms with Gasteiger partial charge < -0.3 is 0 Å². The molecule has 0 amide bonds. The van der Waals surface area contributed by atoms with E-state index >= 15 is 0 Å². The summed E-state index contributed by atoms with van der Waals surface area (Å²) in [7, 11) is 0. The molecule has 0 fully saturated rings. The summed E-state index contributed by atoms with van der Waals surface area (Å²) in [5, 5.41) is 10.8. The highest BCUT2D eigenvalue weighted by Gasteiger charge is 2.04. The van der Waals surface area contributed by atoms with Gasteiger partial charge in [-0.1, -0.05) is 30.3 Å². The lowest BCUT2D eigenvalue weighted by atomic mass is 10.0. The maximum absolute atomic E-state index is 10.7. The molecule has 66 valence electrons. The highest BCUT2D eigenvalue weighted by Crippen LogP contribution is 2.20. The van der Waals surface area contributed by atoms with Crippen molar-refractivity contribution in [2.45, 2.75) is 0 Å². The van der Waals surface area contributed by atoms with Crippen LogP contribution >= 0.6 is 0 Å². The summed E-state index contributed by atoms with van der Waals surface area (Å²) in [5.41, 5.74) is 0.907. The predicted octanol–water partition coefficient (Wildman–Crippen LogP) is 2.52.